The largest absolute Gasteiger partial charge is 0.462 e. The molecule has 0 radical (unpaired) electrons. The SMILES string of the molecule is CCOC(=O)c1ccc(N=C2SC(C(=O)Nc3cc(Cl)cc(Cl)c3)CC(=O)N2CC)cc1. The molecule has 1 saturated heterocycles. The van der Waals surface area contributed by atoms with Crippen molar-refractivity contribution in [3.05, 3.63) is 58.1 Å². The topological polar surface area (TPSA) is 88.1 Å². The Morgan fingerprint density at radius 2 is 1.81 bits per heavy atom. The molecule has 2 aromatic rings. The summed E-state index contributed by atoms with van der Waals surface area (Å²) in [4.78, 5) is 43.4. The molecule has 0 bridgehead atoms. The molecule has 7 nitrogen and oxygen atoms in total. The number of hydrogen-bond acceptors (Lipinski definition) is 6. The van der Waals surface area contributed by atoms with Crippen molar-refractivity contribution in [2.45, 2.75) is 25.5 Å². The first-order valence-electron chi connectivity index (χ1n) is 9.90. The fourth-order valence-corrected chi connectivity index (χ4v) is 4.69. The van der Waals surface area contributed by atoms with Gasteiger partial charge in [0.05, 0.1) is 17.9 Å². The van der Waals surface area contributed by atoms with E-state index in [1.807, 2.05) is 6.92 Å². The second-order valence-corrected chi connectivity index (χ2v) is 8.80. The second kappa shape index (κ2) is 10.8. The van der Waals surface area contributed by atoms with E-state index in [0.717, 1.165) is 0 Å². The maximum Gasteiger partial charge on any atom is 0.338 e. The third-order valence-corrected chi connectivity index (χ3v) is 6.11. The Balaban J connectivity index is 1.79. The Morgan fingerprint density at radius 1 is 1.16 bits per heavy atom. The van der Waals surface area contributed by atoms with Gasteiger partial charge >= 0.3 is 5.97 Å². The molecule has 10 heteroatoms. The van der Waals surface area contributed by atoms with Crippen LogP contribution in [0.2, 0.25) is 10.0 Å². The number of aliphatic imine (C=N–C) groups is 1. The molecule has 1 atom stereocenters. The zero-order valence-electron chi connectivity index (χ0n) is 17.4. The second-order valence-electron chi connectivity index (χ2n) is 6.76. The molecule has 1 N–H and O–H groups in total. The molecular formula is C22H21Cl2N3O4S. The van der Waals surface area contributed by atoms with Crippen LogP contribution in [0.3, 0.4) is 0 Å². The van der Waals surface area contributed by atoms with Crippen molar-refractivity contribution in [3.8, 4) is 0 Å². The molecule has 0 spiro atoms. The number of thioether (sulfide) groups is 1. The Morgan fingerprint density at radius 3 is 2.41 bits per heavy atom. The summed E-state index contributed by atoms with van der Waals surface area (Å²) in [6, 6.07) is 11.3. The first-order valence-corrected chi connectivity index (χ1v) is 11.5. The monoisotopic (exact) mass is 493 g/mol. The molecule has 1 fully saturated rings. The van der Waals surface area contributed by atoms with Crippen LogP contribution in [-0.4, -0.2) is 46.3 Å². The lowest BCUT2D eigenvalue weighted by molar-refractivity contribution is -0.129. The van der Waals surface area contributed by atoms with E-state index in [9.17, 15) is 14.4 Å². The summed E-state index contributed by atoms with van der Waals surface area (Å²) >= 11 is 13.2. The van der Waals surface area contributed by atoms with Crippen LogP contribution in [0, 0.1) is 0 Å². The number of esters is 1. The highest BCUT2D eigenvalue weighted by Crippen LogP contribution is 2.30. The van der Waals surface area contributed by atoms with Gasteiger partial charge in [-0.25, -0.2) is 9.79 Å². The predicted molar refractivity (Wildman–Crippen MR) is 128 cm³/mol. The van der Waals surface area contributed by atoms with Gasteiger partial charge in [-0.05, 0) is 56.3 Å². The summed E-state index contributed by atoms with van der Waals surface area (Å²) in [5, 5.41) is 3.29. The van der Waals surface area contributed by atoms with Gasteiger partial charge < -0.3 is 10.1 Å². The number of carbonyl (C=O) groups excluding carboxylic acids is 3. The molecular weight excluding hydrogens is 473 g/mol. The summed E-state index contributed by atoms with van der Waals surface area (Å²) in [5.74, 6) is -0.956. The van der Waals surface area contributed by atoms with Crippen LogP contribution < -0.4 is 5.32 Å². The van der Waals surface area contributed by atoms with Crippen LogP contribution in [-0.2, 0) is 14.3 Å². The molecule has 0 aliphatic carbocycles. The molecule has 168 valence electrons. The standard InChI is InChI=1S/C22H21Cl2N3O4S/c1-3-27-19(28)12-18(20(29)25-17-10-14(23)9-15(24)11-17)32-22(27)26-16-7-5-13(6-8-16)21(30)31-4-2/h5-11,18H,3-4,12H2,1-2H3,(H,25,29). The van der Waals surface area contributed by atoms with Crippen LogP contribution in [0.15, 0.2) is 47.5 Å². The van der Waals surface area contributed by atoms with Gasteiger partial charge in [0.25, 0.3) is 0 Å². The molecule has 32 heavy (non-hydrogen) atoms. The predicted octanol–water partition coefficient (Wildman–Crippen LogP) is 5.15. The lowest BCUT2D eigenvalue weighted by Gasteiger charge is -2.31. The number of nitrogens with zero attached hydrogens (tertiary/aromatic N) is 2. The van der Waals surface area contributed by atoms with Crippen LogP contribution in [0.4, 0.5) is 11.4 Å². The Kier molecular flexibility index (Phi) is 8.17. The van der Waals surface area contributed by atoms with Gasteiger partial charge in [-0.15, -0.1) is 0 Å². The summed E-state index contributed by atoms with van der Waals surface area (Å²) in [6.07, 6.45) is 0.0411. The first kappa shape index (κ1) is 24.1. The van der Waals surface area contributed by atoms with Crippen molar-refractivity contribution in [2.75, 3.05) is 18.5 Å². The van der Waals surface area contributed by atoms with Gasteiger partial charge in [-0.3, -0.25) is 14.5 Å². The number of halogens is 2. The van der Waals surface area contributed by atoms with E-state index in [1.165, 1.54) is 16.7 Å². The van der Waals surface area contributed by atoms with Crippen molar-refractivity contribution >= 4 is 69.3 Å². The first-order chi connectivity index (χ1) is 15.3. The van der Waals surface area contributed by atoms with Crippen LogP contribution in [0.25, 0.3) is 0 Å². The van der Waals surface area contributed by atoms with Crippen molar-refractivity contribution in [1.82, 2.24) is 4.90 Å². The smallest absolute Gasteiger partial charge is 0.338 e. The lowest BCUT2D eigenvalue weighted by atomic mass is 10.2. The quantitative estimate of drug-likeness (QED) is 0.562. The van der Waals surface area contributed by atoms with E-state index in [4.69, 9.17) is 27.9 Å². The zero-order chi connectivity index (χ0) is 23.3. The van der Waals surface area contributed by atoms with Crippen LogP contribution in [0.5, 0.6) is 0 Å². The van der Waals surface area contributed by atoms with Crippen molar-refractivity contribution in [2.24, 2.45) is 4.99 Å². The maximum absolute atomic E-state index is 12.8. The minimum absolute atomic E-state index is 0.0411. The number of rotatable bonds is 6. The number of carbonyl (C=O) groups is 3. The molecule has 1 unspecified atom stereocenters. The third kappa shape index (κ3) is 6.03. The Hall–Kier alpha value is -2.55. The van der Waals surface area contributed by atoms with Crippen molar-refractivity contribution < 1.29 is 19.1 Å². The van der Waals surface area contributed by atoms with E-state index in [1.54, 1.807) is 49.4 Å². The molecule has 3 rings (SSSR count). The van der Waals surface area contributed by atoms with E-state index in [-0.39, 0.29) is 24.8 Å². The van der Waals surface area contributed by atoms with Gasteiger partial charge in [0.15, 0.2) is 5.17 Å². The van der Waals surface area contributed by atoms with Gasteiger partial charge in [0.1, 0.15) is 5.25 Å². The number of benzene rings is 2. The Labute approximate surface area is 200 Å². The summed E-state index contributed by atoms with van der Waals surface area (Å²) < 4.78 is 4.98. The zero-order valence-corrected chi connectivity index (χ0v) is 19.8. The average Bonchev–Trinajstić information content (AvgIpc) is 2.73. The summed E-state index contributed by atoms with van der Waals surface area (Å²) in [7, 11) is 0. The lowest BCUT2D eigenvalue weighted by Crippen LogP contribution is -2.45. The third-order valence-electron chi connectivity index (χ3n) is 4.48. The molecule has 1 aliphatic heterocycles. The highest BCUT2D eigenvalue weighted by Gasteiger charge is 2.35. The van der Waals surface area contributed by atoms with Crippen LogP contribution >= 0.6 is 35.0 Å². The number of amidine groups is 1. The van der Waals surface area contributed by atoms with E-state index in [0.29, 0.717) is 38.7 Å². The van der Waals surface area contributed by atoms with E-state index >= 15 is 0 Å². The molecule has 1 aliphatic rings. The molecule has 0 aromatic heterocycles. The number of ether oxygens (including phenoxy) is 1. The molecule has 0 saturated carbocycles. The summed E-state index contributed by atoms with van der Waals surface area (Å²) in [5.41, 5.74) is 1.41. The minimum Gasteiger partial charge on any atom is -0.462 e. The highest BCUT2D eigenvalue weighted by atomic mass is 35.5. The molecule has 1 heterocycles. The van der Waals surface area contributed by atoms with Gasteiger partial charge in [-0.2, -0.15) is 0 Å². The molecule has 2 aromatic carbocycles. The number of amides is 2. The van der Waals surface area contributed by atoms with Crippen LogP contribution in [0.1, 0.15) is 30.6 Å². The average molecular weight is 494 g/mol. The van der Waals surface area contributed by atoms with Gasteiger partial charge in [0, 0.05) is 28.7 Å². The van der Waals surface area contributed by atoms with Crippen molar-refractivity contribution in [3.63, 3.8) is 0 Å². The van der Waals surface area contributed by atoms with E-state index < -0.39 is 11.2 Å². The number of anilines is 1. The number of hydrogen-bond donors (Lipinski definition) is 1. The number of nitrogens with one attached hydrogen (secondary N) is 1. The highest BCUT2D eigenvalue weighted by molar-refractivity contribution is 8.15. The normalized spacial score (nSPS) is 17.4. The van der Waals surface area contributed by atoms with Crippen molar-refractivity contribution in [1.29, 1.82) is 0 Å². The van der Waals surface area contributed by atoms with Gasteiger partial charge in [0.2, 0.25) is 11.8 Å². The molecule has 2 amide bonds. The fourth-order valence-electron chi connectivity index (χ4n) is 3.00. The summed E-state index contributed by atoms with van der Waals surface area (Å²) in [6.45, 7) is 4.29. The maximum atomic E-state index is 12.8. The van der Waals surface area contributed by atoms with E-state index in [2.05, 4.69) is 10.3 Å². The fraction of sp³-hybridized carbons (Fsp3) is 0.273. The minimum atomic E-state index is -0.666. The van der Waals surface area contributed by atoms with Gasteiger partial charge in [-0.1, -0.05) is 35.0 Å². The Bertz CT molecular complexity index is 1040.